The summed E-state index contributed by atoms with van der Waals surface area (Å²) in [6, 6.07) is 10.4. The second kappa shape index (κ2) is 9.07. The number of carbonyl (C=O) groups excluding carboxylic acids is 1. The molecular formula is C19H26N6O2. The zero-order chi connectivity index (χ0) is 19.1. The van der Waals surface area contributed by atoms with Crippen molar-refractivity contribution in [3.8, 4) is 5.69 Å². The van der Waals surface area contributed by atoms with Gasteiger partial charge in [0.1, 0.15) is 0 Å². The molecule has 8 heteroatoms. The van der Waals surface area contributed by atoms with E-state index >= 15 is 0 Å². The number of amides is 1. The molecule has 2 heterocycles. The molecular weight excluding hydrogens is 344 g/mol. The van der Waals surface area contributed by atoms with Gasteiger partial charge in [-0.2, -0.15) is 5.10 Å². The van der Waals surface area contributed by atoms with E-state index in [0.717, 1.165) is 30.1 Å². The van der Waals surface area contributed by atoms with Crippen molar-refractivity contribution >= 4 is 12.1 Å². The normalized spacial score (nSPS) is 15.5. The van der Waals surface area contributed by atoms with Crippen LogP contribution in [-0.2, 0) is 11.3 Å². The van der Waals surface area contributed by atoms with Crippen molar-refractivity contribution in [3.63, 3.8) is 0 Å². The lowest BCUT2D eigenvalue weighted by atomic mass is 10.1. The van der Waals surface area contributed by atoms with Gasteiger partial charge in [0.15, 0.2) is 5.96 Å². The van der Waals surface area contributed by atoms with Crippen LogP contribution in [0.15, 0.2) is 47.7 Å². The molecule has 1 aromatic heterocycles. The molecule has 27 heavy (non-hydrogen) atoms. The Morgan fingerprint density at radius 3 is 2.81 bits per heavy atom. The number of ether oxygens (including phenoxy) is 1. The quantitative estimate of drug-likeness (QED) is 0.633. The Morgan fingerprint density at radius 2 is 2.15 bits per heavy atom. The van der Waals surface area contributed by atoms with E-state index in [1.807, 2.05) is 29.1 Å². The molecule has 2 N–H and O–H groups in total. The van der Waals surface area contributed by atoms with Crippen LogP contribution >= 0.6 is 0 Å². The minimum atomic E-state index is -0.256. The molecule has 0 bridgehead atoms. The van der Waals surface area contributed by atoms with E-state index in [2.05, 4.69) is 32.9 Å². The van der Waals surface area contributed by atoms with Gasteiger partial charge in [0.2, 0.25) is 0 Å². The van der Waals surface area contributed by atoms with Crippen molar-refractivity contribution in [2.75, 3.05) is 27.2 Å². The fourth-order valence-corrected chi connectivity index (χ4v) is 3.14. The number of carbonyl (C=O) groups is 1. The molecule has 144 valence electrons. The number of hydrogen-bond acceptors (Lipinski definition) is 4. The third-order valence-corrected chi connectivity index (χ3v) is 4.63. The Morgan fingerprint density at radius 1 is 1.33 bits per heavy atom. The predicted molar refractivity (Wildman–Crippen MR) is 104 cm³/mol. The monoisotopic (exact) mass is 370 g/mol. The number of aromatic nitrogens is 2. The van der Waals surface area contributed by atoms with Crippen LogP contribution in [0.5, 0.6) is 0 Å². The molecule has 0 aliphatic carbocycles. The van der Waals surface area contributed by atoms with E-state index in [1.165, 1.54) is 7.11 Å². The van der Waals surface area contributed by atoms with Gasteiger partial charge in [0, 0.05) is 45.1 Å². The Hall–Kier alpha value is -3.03. The summed E-state index contributed by atoms with van der Waals surface area (Å²) in [6.45, 7) is 2.04. The lowest BCUT2D eigenvalue weighted by molar-refractivity contribution is 0.111. The maximum Gasteiger partial charge on any atom is 0.409 e. The van der Waals surface area contributed by atoms with Gasteiger partial charge in [-0.1, -0.05) is 12.1 Å². The molecule has 0 saturated carbocycles. The number of rotatable bonds is 4. The highest BCUT2D eigenvalue weighted by atomic mass is 16.5. The maximum atomic E-state index is 11.6. The molecule has 8 nitrogen and oxygen atoms in total. The summed E-state index contributed by atoms with van der Waals surface area (Å²) < 4.78 is 6.61. The summed E-state index contributed by atoms with van der Waals surface area (Å²) in [4.78, 5) is 17.6. The SMILES string of the molecule is CN=C(NCc1cccc(-n2cccn2)c1)NC1CCN(C(=O)OC)CC1. The smallest absolute Gasteiger partial charge is 0.409 e. The Balaban J connectivity index is 1.50. The van der Waals surface area contributed by atoms with Gasteiger partial charge in [-0.3, -0.25) is 4.99 Å². The van der Waals surface area contributed by atoms with Gasteiger partial charge >= 0.3 is 6.09 Å². The highest BCUT2D eigenvalue weighted by Crippen LogP contribution is 2.12. The minimum absolute atomic E-state index is 0.256. The maximum absolute atomic E-state index is 11.6. The zero-order valence-corrected chi connectivity index (χ0v) is 15.8. The van der Waals surface area contributed by atoms with Crippen molar-refractivity contribution in [1.82, 2.24) is 25.3 Å². The molecule has 1 saturated heterocycles. The lowest BCUT2D eigenvalue weighted by Gasteiger charge is -2.32. The van der Waals surface area contributed by atoms with Gasteiger partial charge in [0.25, 0.3) is 0 Å². The van der Waals surface area contributed by atoms with Crippen molar-refractivity contribution in [1.29, 1.82) is 0 Å². The topological polar surface area (TPSA) is 83.8 Å². The number of likely N-dealkylation sites (tertiary alicyclic amines) is 1. The summed E-state index contributed by atoms with van der Waals surface area (Å²) in [6.07, 6.45) is 5.17. The van der Waals surface area contributed by atoms with E-state index in [4.69, 9.17) is 4.74 Å². The summed E-state index contributed by atoms with van der Waals surface area (Å²) >= 11 is 0. The summed E-state index contributed by atoms with van der Waals surface area (Å²) in [5.74, 6) is 0.760. The molecule has 0 atom stereocenters. The van der Waals surface area contributed by atoms with Crippen LogP contribution < -0.4 is 10.6 Å². The molecule has 1 aliphatic heterocycles. The second-order valence-corrected chi connectivity index (χ2v) is 6.42. The third-order valence-electron chi connectivity index (χ3n) is 4.63. The fraction of sp³-hybridized carbons (Fsp3) is 0.421. The number of methoxy groups -OCH3 is 1. The average molecular weight is 370 g/mol. The molecule has 0 radical (unpaired) electrons. The Bertz CT molecular complexity index is 766. The van der Waals surface area contributed by atoms with Crippen LogP contribution in [0, 0.1) is 0 Å². The van der Waals surface area contributed by atoms with Crippen molar-refractivity contribution < 1.29 is 9.53 Å². The van der Waals surface area contributed by atoms with E-state index in [1.54, 1.807) is 18.1 Å². The first kappa shape index (κ1) is 18.8. The third kappa shape index (κ3) is 4.99. The van der Waals surface area contributed by atoms with Crippen LogP contribution in [0.2, 0.25) is 0 Å². The van der Waals surface area contributed by atoms with Gasteiger partial charge in [-0.15, -0.1) is 0 Å². The summed E-state index contributed by atoms with van der Waals surface area (Å²) in [5, 5.41) is 11.1. The number of nitrogens with zero attached hydrogens (tertiary/aromatic N) is 4. The number of piperidine rings is 1. The molecule has 1 amide bonds. The van der Waals surface area contributed by atoms with Crippen molar-refractivity contribution in [2.24, 2.45) is 4.99 Å². The highest BCUT2D eigenvalue weighted by Gasteiger charge is 2.23. The van der Waals surface area contributed by atoms with Gasteiger partial charge < -0.3 is 20.3 Å². The first-order valence-electron chi connectivity index (χ1n) is 9.08. The van der Waals surface area contributed by atoms with E-state index in [9.17, 15) is 4.79 Å². The molecule has 1 aliphatic rings. The first-order valence-corrected chi connectivity index (χ1v) is 9.08. The number of benzene rings is 1. The van der Waals surface area contributed by atoms with E-state index in [-0.39, 0.29) is 12.1 Å². The molecule has 1 fully saturated rings. The lowest BCUT2D eigenvalue weighted by Crippen LogP contribution is -2.49. The van der Waals surface area contributed by atoms with Crippen molar-refractivity contribution in [3.05, 3.63) is 48.3 Å². The number of aliphatic imine (C=N–C) groups is 1. The number of guanidine groups is 1. The molecule has 2 aromatic rings. The van der Waals surface area contributed by atoms with Crippen LogP contribution in [-0.4, -0.2) is 60.0 Å². The second-order valence-electron chi connectivity index (χ2n) is 6.42. The van der Waals surface area contributed by atoms with Crippen LogP contribution in [0.4, 0.5) is 4.79 Å². The fourth-order valence-electron chi connectivity index (χ4n) is 3.14. The molecule has 1 aromatic carbocycles. The van der Waals surface area contributed by atoms with Gasteiger partial charge in [0.05, 0.1) is 12.8 Å². The molecule has 3 rings (SSSR count). The zero-order valence-electron chi connectivity index (χ0n) is 15.8. The molecule has 0 spiro atoms. The van der Waals surface area contributed by atoms with Crippen LogP contribution in [0.25, 0.3) is 5.69 Å². The first-order chi connectivity index (χ1) is 13.2. The number of nitrogens with one attached hydrogen (secondary N) is 2. The highest BCUT2D eigenvalue weighted by molar-refractivity contribution is 5.80. The van der Waals surface area contributed by atoms with E-state index < -0.39 is 0 Å². The minimum Gasteiger partial charge on any atom is -0.453 e. The average Bonchev–Trinajstić information content (AvgIpc) is 3.26. The largest absolute Gasteiger partial charge is 0.453 e. The van der Waals surface area contributed by atoms with Crippen LogP contribution in [0.1, 0.15) is 18.4 Å². The summed E-state index contributed by atoms with van der Waals surface area (Å²) in [7, 11) is 3.18. The standard InChI is InChI=1S/C19H26N6O2/c1-20-18(23-16-7-11-24(12-8-16)19(26)27-2)21-14-15-5-3-6-17(13-15)25-10-4-9-22-25/h3-6,9-10,13,16H,7-8,11-12,14H2,1-2H3,(H2,20,21,23). The predicted octanol–water partition coefficient (Wildman–Crippen LogP) is 1.77. The van der Waals surface area contributed by atoms with E-state index in [0.29, 0.717) is 19.6 Å². The number of hydrogen-bond donors (Lipinski definition) is 2. The Labute approximate surface area is 159 Å². The van der Waals surface area contributed by atoms with Gasteiger partial charge in [-0.25, -0.2) is 9.48 Å². The van der Waals surface area contributed by atoms with Crippen molar-refractivity contribution in [2.45, 2.75) is 25.4 Å². The van der Waals surface area contributed by atoms with Crippen LogP contribution in [0.3, 0.4) is 0 Å². The Kier molecular flexibility index (Phi) is 6.30. The summed E-state index contributed by atoms with van der Waals surface area (Å²) in [5.41, 5.74) is 2.17. The molecule has 0 unspecified atom stereocenters. The van der Waals surface area contributed by atoms with Gasteiger partial charge in [-0.05, 0) is 36.6 Å².